The molecule has 1 heterocycles. The molecule has 0 N–H and O–H groups in total. The molecule has 1 saturated heterocycles. The van der Waals surface area contributed by atoms with Gasteiger partial charge in [-0.3, -0.25) is 4.90 Å². The Hall–Kier alpha value is -2.10. The molecule has 26 heavy (non-hydrogen) atoms. The fourth-order valence-electron chi connectivity index (χ4n) is 3.17. The maximum atomic E-state index is 12.4. The second-order valence-electron chi connectivity index (χ2n) is 6.30. The predicted octanol–water partition coefficient (Wildman–Crippen LogP) is 4.59. The molecule has 1 aliphatic heterocycles. The van der Waals surface area contributed by atoms with Crippen LogP contribution in [-0.4, -0.2) is 36.8 Å². The van der Waals surface area contributed by atoms with E-state index in [1.54, 1.807) is 12.1 Å². The highest BCUT2D eigenvalue weighted by molar-refractivity contribution is 7.99. The minimum absolute atomic E-state index is 0.583. The van der Waals surface area contributed by atoms with Crippen molar-refractivity contribution in [3.05, 3.63) is 59.7 Å². The molecule has 1 fully saturated rings. The summed E-state index contributed by atoms with van der Waals surface area (Å²) >= 11 is 0.583. The van der Waals surface area contributed by atoms with Crippen LogP contribution in [0.5, 0.6) is 0 Å². The first-order valence-corrected chi connectivity index (χ1v) is 9.53. The van der Waals surface area contributed by atoms with Crippen LogP contribution in [0.15, 0.2) is 53.4 Å². The molecule has 0 atom stereocenters. The van der Waals surface area contributed by atoms with E-state index in [0.29, 0.717) is 22.2 Å². The number of anilines is 1. The minimum atomic E-state index is -2.38. The average Bonchev–Trinajstić information content (AvgIpc) is 2.89. The molecule has 6 heteroatoms. The van der Waals surface area contributed by atoms with Crippen LogP contribution in [0.2, 0.25) is 0 Å². The molecule has 3 nitrogen and oxygen atoms in total. The van der Waals surface area contributed by atoms with Gasteiger partial charge in [-0.05, 0) is 48.4 Å². The molecule has 2 aromatic carbocycles. The van der Waals surface area contributed by atoms with Crippen LogP contribution in [0.25, 0.3) is 0 Å². The molecule has 0 saturated carbocycles. The summed E-state index contributed by atoms with van der Waals surface area (Å²) in [4.78, 5) is 5.36. The van der Waals surface area contributed by atoms with Crippen LogP contribution in [0.3, 0.4) is 0 Å². The monoisotopic (exact) mass is 373 g/mol. The third-order valence-electron chi connectivity index (χ3n) is 4.50. The molecule has 136 valence electrons. The van der Waals surface area contributed by atoms with Crippen molar-refractivity contribution in [1.29, 1.82) is 5.26 Å². The number of benzene rings is 2. The summed E-state index contributed by atoms with van der Waals surface area (Å²) in [5, 5.41) is 8.91. The van der Waals surface area contributed by atoms with E-state index in [4.69, 9.17) is 5.26 Å². The summed E-state index contributed by atoms with van der Waals surface area (Å²) in [6.07, 6.45) is 1.07. The molecule has 0 aliphatic carbocycles. The van der Waals surface area contributed by atoms with Gasteiger partial charge >= 0.3 is 0 Å². The zero-order valence-electron chi connectivity index (χ0n) is 14.4. The van der Waals surface area contributed by atoms with Gasteiger partial charge in [0.2, 0.25) is 0 Å². The van der Waals surface area contributed by atoms with Crippen LogP contribution in [0, 0.1) is 11.3 Å². The maximum absolute atomic E-state index is 12.4. The van der Waals surface area contributed by atoms with Gasteiger partial charge in [0.25, 0.3) is 5.76 Å². The van der Waals surface area contributed by atoms with E-state index >= 15 is 0 Å². The second-order valence-corrected chi connectivity index (χ2v) is 7.36. The van der Waals surface area contributed by atoms with Crippen molar-refractivity contribution >= 4 is 17.4 Å². The van der Waals surface area contributed by atoms with Crippen molar-refractivity contribution in [2.24, 2.45) is 0 Å². The van der Waals surface area contributed by atoms with Gasteiger partial charge in [0, 0.05) is 43.3 Å². The molecular formula is C20H21F2N3S. The van der Waals surface area contributed by atoms with Crippen molar-refractivity contribution in [2.75, 3.05) is 31.1 Å². The number of halogens is 2. The summed E-state index contributed by atoms with van der Waals surface area (Å²) in [6.45, 7) is 4.73. The largest absolute Gasteiger partial charge is 0.370 e. The van der Waals surface area contributed by atoms with E-state index in [9.17, 15) is 8.78 Å². The Morgan fingerprint density at radius 1 is 0.962 bits per heavy atom. The first-order chi connectivity index (χ1) is 12.6. The normalized spacial score (nSPS) is 15.7. The number of rotatable bonds is 5. The first kappa shape index (κ1) is 18.7. The Balaban J connectivity index is 1.55. The van der Waals surface area contributed by atoms with Gasteiger partial charge in [0.15, 0.2) is 0 Å². The minimum Gasteiger partial charge on any atom is -0.370 e. The van der Waals surface area contributed by atoms with Crippen LogP contribution in [0.1, 0.15) is 17.5 Å². The third kappa shape index (κ3) is 5.20. The highest BCUT2D eigenvalue weighted by Gasteiger charge is 2.15. The number of nitriles is 1. The van der Waals surface area contributed by atoms with Gasteiger partial charge in [-0.15, -0.1) is 0 Å². The van der Waals surface area contributed by atoms with Crippen molar-refractivity contribution < 1.29 is 8.78 Å². The van der Waals surface area contributed by atoms with Gasteiger partial charge in [-0.25, -0.2) is 0 Å². The van der Waals surface area contributed by atoms with Gasteiger partial charge in [0.1, 0.15) is 0 Å². The molecule has 2 aromatic rings. The number of hydrogen-bond acceptors (Lipinski definition) is 4. The molecule has 0 unspecified atom stereocenters. The lowest BCUT2D eigenvalue weighted by molar-refractivity contribution is 0.252. The Morgan fingerprint density at radius 2 is 1.69 bits per heavy atom. The lowest BCUT2D eigenvalue weighted by atomic mass is 10.2. The predicted molar refractivity (Wildman–Crippen MR) is 102 cm³/mol. The summed E-state index contributed by atoms with van der Waals surface area (Å²) in [5.74, 6) is -2.38. The highest BCUT2D eigenvalue weighted by Crippen LogP contribution is 2.25. The third-order valence-corrected chi connectivity index (χ3v) is 5.23. The van der Waals surface area contributed by atoms with Crippen molar-refractivity contribution in [2.45, 2.75) is 23.6 Å². The molecule has 0 amide bonds. The van der Waals surface area contributed by atoms with Crippen LogP contribution < -0.4 is 4.90 Å². The lowest BCUT2D eigenvalue weighted by Crippen LogP contribution is -2.30. The Labute approximate surface area is 157 Å². The summed E-state index contributed by atoms with van der Waals surface area (Å²) in [6, 6.07) is 17.3. The van der Waals surface area contributed by atoms with E-state index in [2.05, 4.69) is 15.9 Å². The van der Waals surface area contributed by atoms with E-state index < -0.39 is 5.76 Å². The highest BCUT2D eigenvalue weighted by atomic mass is 32.2. The Kier molecular flexibility index (Phi) is 6.48. The lowest BCUT2D eigenvalue weighted by Gasteiger charge is -2.23. The van der Waals surface area contributed by atoms with Crippen molar-refractivity contribution in [1.82, 2.24) is 4.90 Å². The van der Waals surface area contributed by atoms with Crippen LogP contribution >= 0.6 is 11.8 Å². The molecule has 0 spiro atoms. The smallest absolute Gasteiger partial charge is 0.288 e. The molecular weight excluding hydrogens is 352 g/mol. The SMILES string of the molecule is N#Cc1ccc(N2CCCN(Cc3ccc(SC(F)F)cc3)CC2)cc1. The molecule has 1 aliphatic rings. The molecule has 3 rings (SSSR count). The van der Waals surface area contributed by atoms with E-state index in [1.165, 1.54) is 0 Å². The number of nitrogens with zero attached hydrogens (tertiary/aromatic N) is 3. The zero-order chi connectivity index (χ0) is 18.4. The quantitative estimate of drug-likeness (QED) is 0.718. The van der Waals surface area contributed by atoms with Crippen molar-refractivity contribution in [3.63, 3.8) is 0 Å². The van der Waals surface area contributed by atoms with Crippen LogP contribution in [-0.2, 0) is 6.54 Å². The van der Waals surface area contributed by atoms with Gasteiger partial charge < -0.3 is 4.90 Å². The number of thioether (sulfide) groups is 1. The molecule has 0 radical (unpaired) electrons. The maximum Gasteiger partial charge on any atom is 0.288 e. The summed E-state index contributed by atoms with van der Waals surface area (Å²) in [5.41, 5.74) is 2.98. The second kappa shape index (κ2) is 9.02. The topological polar surface area (TPSA) is 30.3 Å². The first-order valence-electron chi connectivity index (χ1n) is 8.65. The Bertz CT molecular complexity index is 741. The molecule has 0 aromatic heterocycles. The zero-order valence-corrected chi connectivity index (χ0v) is 15.3. The standard InChI is InChI=1S/C20H21F2N3S/c21-20(22)26-19-8-4-17(5-9-19)15-24-10-1-11-25(13-12-24)18-6-2-16(14-23)3-7-18/h2-9,20H,1,10-13,15H2. The van der Waals surface area contributed by atoms with Gasteiger partial charge in [-0.2, -0.15) is 14.0 Å². The fraction of sp³-hybridized carbons (Fsp3) is 0.350. The number of alkyl halides is 2. The van der Waals surface area contributed by atoms with Gasteiger partial charge in [-0.1, -0.05) is 23.9 Å². The van der Waals surface area contributed by atoms with E-state index in [1.807, 2.05) is 36.4 Å². The molecule has 0 bridgehead atoms. The average molecular weight is 373 g/mol. The summed E-state index contributed by atoms with van der Waals surface area (Å²) < 4.78 is 24.8. The summed E-state index contributed by atoms with van der Waals surface area (Å²) in [7, 11) is 0. The van der Waals surface area contributed by atoms with Crippen molar-refractivity contribution in [3.8, 4) is 6.07 Å². The van der Waals surface area contributed by atoms with E-state index in [-0.39, 0.29) is 0 Å². The Morgan fingerprint density at radius 3 is 2.35 bits per heavy atom. The van der Waals surface area contributed by atoms with Gasteiger partial charge in [0.05, 0.1) is 11.6 Å². The van der Waals surface area contributed by atoms with E-state index in [0.717, 1.165) is 50.4 Å². The number of hydrogen-bond donors (Lipinski definition) is 0. The van der Waals surface area contributed by atoms with Crippen LogP contribution in [0.4, 0.5) is 14.5 Å². The fourth-order valence-corrected chi connectivity index (χ4v) is 3.67.